The fourth-order valence-corrected chi connectivity index (χ4v) is 6.82. The van der Waals surface area contributed by atoms with Gasteiger partial charge in [-0.2, -0.15) is 5.10 Å². The molecule has 2 fully saturated rings. The molecule has 0 amide bonds. The van der Waals surface area contributed by atoms with Gasteiger partial charge in [0.05, 0.1) is 31.5 Å². The molecule has 2 saturated heterocycles. The van der Waals surface area contributed by atoms with E-state index in [4.69, 9.17) is 14.5 Å². The Morgan fingerprint density at radius 2 is 2.22 bits per heavy atom. The smallest absolute Gasteiger partial charge is 0.325 e. The van der Waals surface area contributed by atoms with Crippen molar-refractivity contribution in [2.45, 2.75) is 69.6 Å². The van der Waals surface area contributed by atoms with Gasteiger partial charge in [-0.1, -0.05) is 24.6 Å². The lowest BCUT2D eigenvalue weighted by atomic mass is 9.97. The number of halogens is 1. The zero-order valence-electron chi connectivity index (χ0n) is 23.7. The highest BCUT2D eigenvalue weighted by Crippen LogP contribution is 2.36. The zero-order chi connectivity index (χ0) is 28.3. The first kappa shape index (κ1) is 27.9. The van der Waals surface area contributed by atoms with Gasteiger partial charge in [0.15, 0.2) is 0 Å². The molecule has 3 aromatic rings. The van der Waals surface area contributed by atoms with Crippen molar-refractivity contribution in [2.24, 2.45) is 5.92 Å². The van der Waals surface area contributed by atoms with Crippen molar-refractivity contribution in [1.82, 2.24) is 19.7 Å². The molecule has 1 unspecified atom stereocenters. The number of alkyl halides is 1. The highest BCUT2D eigenvalue weighted by Gasteiger charge is 2.38. The number of methoxy groups -OCH3 is 1. The summed E-state index contributed by atoms with van der Waals surface area (Å²) in [4.78, 5) is 19.4. The van der Waals surface area contributed by atoms with Gasteiger partial charge in [0, 0.05) is 53.9 Å². The minimum atomic E-state index is -0.959. The normalized spacial score (nSPS) is 22.4. The maximum Gasteiger partial charge on any atom is 0.325 e. The van der Waals surface area contributed by atoms with E-state index >= 15 is 4.39 Å². The number of likely N-dealkylation sites (tertiary alicyclic amines) is 1. The molecule has 4 atom stereocenters. The summed E-state index contributed by atoms with van der Waals surface area (Å²) in [5, 5.41) is 19.2. The number of fused-ring (bicyclic) bond motifs is 2. The van der Waals surface area contributed by atoms with Crippen LogP contribution in [0.4, 0.5) is 10.2 Å². The van der Waals surface area contributed by atoms with Crippen LogP contribution < -0.4 is 10.1 Å². The summed E-state index contributed by atoms with van der Waals surface area (Å²) in [7, 11) is 1.70. The second kappa shape index (κ2) is 12.3. The predicted molar refractivity (Wildman–Crippen MR) is 154 cm³/mol. The van der Waals surface area contributed by atoms with Crippen LogP contribution in [-0.2, 0) is 22.4 Å². The summed E-state index contributed by atoms with van der Waals surface area (Å²) < 4.78 is 28.5. The Morgan fingerprint density at radius 3 is 3.02 bits per heavy atom. The fraction of sp³-hybridized carbons (Fsp3) is 0.581. The quantitative estimate of drug-likeness (QED) is 0.315. The Kier molecular flexibility index (Phi) is 8.39. The van der Waals surface area contributed by atoms with Crippen molar-refractivity contribution in [1.29, 1.82) is 0 Å². The fourth-order valence-electron chi connectivity index (χ4n) is 6.82. The molecule has 9 nitrogen and oxygen atoms in total. The molecule has 2 aromatic heterocycles. The van der Waals surface area contributed by atoms with Crippen LogP contribution in [0.1, 0.15) is 67.4 Å². The Bertz CT molecular complexity index is 1360. The number of para-hydroxylation sites is 1. The van der Waals surface area contributed by atoms with Crippen molar-refractivity contribution in [2.75, 3.05) is 45.3 Å². The Balaban J connectivity index is 1.07. The molecule has 41 heavy (non-hydrogen) atoms. The van der Waals surface area contributed by atoms with Gasteiger partial charge < -0.3 is 19.9 Å². The average Bonchev–Trinajstić information content (AvgIpc) is 3.76. The molecular formula is C31H40FN5O4. The number of nitrogens with one attached hydrogen (secondary N) is 1. The van der Waals surface area contributed by atoms with Crippen LogP contribution in [0.5, 0.6) is 5.75 Å². The first-order chi connectivity index (χ1) is 20.0. The SMILES string of the molecule is COc1cc(CCCC[C@H](F)C2CCN([C@@H](C(=O)O)c3cccc4cnn([C@H]5CCOC5)c34)C2)nc2c1CCCN2. The highest BCUT2D eigenvalue weighted by molar-refractivity contribution is 5.88. The number of unbranched alkanes of at least 4 members (excludes halogenated alkanes) is 1. The number of aromatic nitrogens is 3. The number of hydrogen-bond acceptors (Lipinski definition) is 7. The summed E-state index contributed by atoms with van der Waals surface area (Å²) >= 11 is 0. The van der Waals surface area contributed by atoms with Crippen LogP contribution in [0, 0.1) is 5.92 Å². The van der Waals surface area contributed by atoms with Gasteiger partial charge in [-0.25, -0.2) is 9.37 Å². The molecule has 6 rings (SSSR count). The average molecular weight is 566 g/mol. The first-order valence-corrected chi connectivity index (χ1v) is 15.0. The second-order valence-electron chi connectivity index (χ2n) is 11.6. The molecule has 3 aliphatic heterocycles. The number of aryl methyl sites for hydroxylation is 1. The molecule has 2 N–H and O–H groups in total. The van der Waals surface area contributed by atoms with Gasteiger partial charge in [-0.3, -0.25) is 14.4 Å². The van der Waals surface area contributed by atoms with E-state index in [9.17, 15) is 9.90 Å². The zero-order valence-corrected chi connectivity index (χ0v) is 23.7. The number of nitrogens with zero attached hydrogens (tertiary/aromatic N) is 4. The van der Waals surface area contributed by atoms with Gasteiger partial charge in [-0.05, 0) is 51.5 Å². The maximum absolute atomic E-state index is 15.4. The van der Waals surface area contributed by atoms with Crippen LogP contribution in [0.15, 0.2) is 30.5 Å². The first-order valence-electron chi connectivity index (χ1n) is 15.0. The number of pyridine rings is 1. The van der Waals surface area contributed by atoms with E-state index in [-0.39, 0.29) is 12.0 Å². The van der Waals surface area contributed by atoms with E-state index in [1.807, 2.05) is 33.8 Å². The summed E-state index contributed by atoms with van der Waals surface area (Å²) in [5.74, 6) is 0.722. The van der Waals surface area contributed by atoms with Crippen LogP contribution in [0.2, 0.25) is 0 Å². The van der Waals surface area contributed by atoms with E-state index < -0.39 is 18.2 Å². The van der Waals surface area contributed by atoms with Crippen LogP contribution in [0.3, 0.4) is 0 Å². The van der Waals surface area contributed by atoms with Gasteiger partial charge in [0.25, 0.3) is 0 Å². The number of carboxylic acid groups (broad SMARTS) is 1. The number of ether oxygens (including phenoxy) is 2. The minimum Gasteiger partial charge on any atom is -0.496 e. The number of anilines is 1. The van der Waals surface area contributed by atoms with Crippen LogP contribution >= 0.6 is 0 Å². The topological polar surface area (TPSA) is 102 Å². The lowest BCUT2D eigenvalue weighted by Gasteiger charge is -2.26. The highest BCUT2D eigenvalue weighted by atomic mass is 19.1. The van der Waals surface area contributed by atoms with Crippen molar-refractivity contribution < 1.29 is 23.8 Å². The third-order valence-electron chi connectivity index (χ3n) is 8.98. The minimum absolute atomic E-state index is 0.0958. The van der Waals surface area contributed by atoms with E-state index in [2.05, 4.69) is 10.4 Å². The Morgan fingerprint density at radius 1 is 1.32 bits per heavy atom. The van der Waals surface area contributed by atoms with E-state index in [0.717, 1.165) is 84.4 Å². The van der Waals surface area contributed by atoms with Crippen molar-refractivity contribution in [3.8, 4) is 5.75 Å². The molecule has 0 aliphatic carbocycles. The summed E-state index contributed by atoms with van der Waals surface area (Å²) in [6.45, 7) is 3.17. The number of benzene rings is 1. The lowest BCUT2D eigenvalue weighted by molar-refractivity contribution is -0.143. The number of aliphatic carboxylic acids is 1. The Labute approximate surface area is 240 Å². The molecule has 5 heterocycles. The molecule has 1 aromatic carbocycles. The molecule has 0 spiro atoms. The summed E-state index contributed by atoms with van der Waals surface area (Å²) in [6, 6.07) is 7.01. The third-order valence-corrected chi connectivity index (χ3v) is 8.98. The number of rotatable bonds is 11. The van der Waals surface area contributed by atoms with Crippen molar-refractivity contribution in [3.63, 3.8) is 0 Å². The number of carboxylic acids is 1. The molecule has 0 radical (unpaired) electrons. The summed E-state index contributed by atoms with van der Waals surface area (Å²) in [6.07, 6.45) is 7.25. The maximum atomic E-state index is 15.4. The standard InChI is InChI=1S/C31H40FN5O4/c1-40-27-16-22(35-30-24(27)9-5-13-33-30)7-2-3-10-26(32)21-11-14-36(18-21)29(31(38)39)25-8-4-6-20-17-34-37(28(20)25)23-12-15-41-19-23/h4,6,8,16-17,21,23,26,29H,2-3,5,7,9-15,18-19H2,1H3,(H,33,35)(H,38,39)/t21?,23-,26-,29+/m0/s1. The van der Waals surface area contributed by atoms with E-state index in [0.29, 0.717) is 39.1 Å². The molecule has 3 aliphatic rings. The van der Waals surface area contributed by atoms with Gasteiger partial charge in [0.1, 0.15) is 23.8 Å². The summed E-state index contributed by atoms with van der Waals surface area (Å²) in [5.41, 5.74) is 3.68. The molecule has 0 bridgehead atoms. The predicted octanol–water partition coefficient (Wildman–Crippen LogP) is 4.96. The molecule has 0 saturated carbocycles. The van der Waals surface area contributed by atoms with Gasteiger partial charge >= 0.3 is 5.97 Å². The van der Waals surface area contributed by atoms with Crippen molar-refractivity contribution >= 4 is 22.7 Å². The molecule has 220 valence electrons. The Hall–Kier alpha value is -3.24. The van der Waals surface area contributed by atoms with Crippen molar-refractivity contribution in [3.05, 3.63) is 47.3 Å². The second-order valence-corrected chi connectivity index (χ2v) is 11.6. The third kappa shape index (κ3) is 5.77. The van der Waals surface area contributed by atoms with Crippen LogP contribution in [-0.4, -0.2) is 76.9 Å². The van der Waals surface area contributed by atoms with Gasteiger partial charge in [0.2, 0.25) is 0 Å². The van der Waals surface area contributed by atoms with E-state index in [1.165, 1.54) is 0 Å². The largest absolute Gasteiger partial charge is 0.496 e. The lowest BCUT2D eigenvalue weighted by Crippen LogP contribution is -2.34. The molecule has 10 heteroatoms. The molecular weight excluding hydrogens is 525 g/mol. The monoisotopic (exact) mass is 565 g/mol. The van der Waals surface area contributed by atoms with Crippen LogP contribution in [0.25, 0.3) is 10.9 Å². The number of hydrogen-bond donors (Lipinski definition) is 2. The van der Waals surface area contributed by atoms with E-state index in [1.54, 1.807) is 13.3 Å². The van der Waals surface area contributed by atoms with Gasteiger partial charge in [-0.15, -0.1) is 0 Å². The number of carbonyl (C=O) groups is 1.